The summed E-state index contributed by atoms with van der Waals surface area (Å²) in [4.78, 5) is 20.4. The molecule has 1 amide bonds. The van der Waals surface area contributed by atoms with Crippen molar-refractivity contribution in [3.63, 3.8) is 0 Å². The molecule has 0 aliphatic rings. The minimum Gasteiger partial charge on any atom is -0.508 e. The molecule has 0 aliphatic heterocycles. The number of rotatable bonds is 5. The number of anilines is 1. The maximum absolute atomic E-state index is 13.8. The van der Waals surface area contributed by atoms with E-state index in [1.54, 1.807) is 4.90 Å². The molecule has 2 N–H and O–H groups in total. The average Bonchev–Trinajstić information content (AvgIpc) is 2.95. The summed E-state index contributed by atoms with van der Waals surface area (Å²) in [7, 11) is 0. The number of carbonyl (C=O) groups is 1. The van der Waals surface area contributed by atoms with Gasteiger partial charge in [0.15, 0.2) is 0 Å². The van der Waals surface area contributed by atoms with E-state index in [0.717, 1.165) is 44.1 Å². The third kappa shape index (κ3) is 4.66. The number of phenolic OH excluding ortho intramolecular Hbond substituents is 2. The van der Waals surface area contributed by atoms with Crippen molar-refractivity contribution >= 4 is 33.3 Å². The van der Waals surface area contributed by atoms with E-state index in [2.05, 4.69) is 12.1 Å². The fraction of sp³-hybridized carbons (Fsp3) is 0.0588. The van der Waals surface area contributed by atoms with E-state index in [0.29, 0.717) is 12.2 Å². The molecular formula is C34H26N2O3. The van der Waals surface area contributed by atoms with Crippen LogP contribution in [-0.2, 0) is 6.54 Å². The Morgan fingerprint density at radius 3 is 2.28 bits per heavy atom. The largest absolute Gasteiger partial charge is 0.508 e. The number of aromatic nitrogens is 1. The molecule has 6 aromatic rings. The average molecular weight is 511 g/mol. The number of aromatic hydroxyl groups is 2. The number of hydrogen-bond donors (Lipinski definition) is 2. The molecule has 1 heterocycles. The minimum absolute atomic E-state index is 0.104. The number of benzene rings is 5. The monoisotopic (exact) mass is 510 g/mol. The Balaban J connectivity index is 1.42. The highest BCUT2D eigenvalue weighted by molar-refractivity contribution is 6.08. The summed E-state index contributed by atoms with van der Waals surface area (Å²) >= 11 is 0. The van der Waals surface area contributed by atoms with Gasteiger partial charge in [-0.3, -0.25) is 4.79 Å². The van der Waals surface area contributed by atoms with Gasteiger partial charge >= 0.3 is 0 Å². The molecule has 0 bridgehead atoms. The van der Waals surface area contributed by atoms with Crippen molar-refractivity contribution in [2.45, 2.75) is 13.5 Å². The highest BCUT2D eigenvalue weighted by Crippen LogP contribution is 2.31. The van der Waals surface area contributed by atoms with Gasteiger partial charge in [0.25, 0.3) is 5.91 Å². The van der Waals surface area contributed by atoms with Crippen molar-refractivity contribution in [3.05, 3.63) is 132 Å². The van der Waals surface area contributed by atoms with Crippen LogP contribution in [0, 0.1) is 6.92 Å². The Bertz CT molecular complexity index is 1840. The van der Waals surface area contributed by atoms with Gasteiger partial charge in [0, 0.05) is 22.7 Å². The molecule has 0 saturated heterocycles. The van der Waals surface area contributed by atoms with Crippen LogP contribution in [-0.4, -0.2) is 21.1 Å². The summed E-state index contributed by atoms with van der Waals surface area (Å²) in [6.07, 6.45) is 0. The fourth-order valence-corrected chi connectivity index (χ4v) is 5.04. The number of carbonyl (C=O) groups excluding carboxylic acids is 1. The lowest BCUT2D eigenvalue weighted by Crippen LogP contribution is -2.30. The van der Waals surface area contributed by atoms with Crippen LogP contribution in [0.15, 0.2) is 115 Å². The maximum Gasteiger partial charge on any atom is 0.262 e. The van der Waals surface area contributed by atoms with Gasteiger partial charge in [-0.1, -0.05) is 72.8 Å². The molecule has 0 fully saturated rings. The quantitative estimate of drug-likeness (QED) is 0.250. The summed E-state index contributed by atoms with van der Waals surface area (Å²) in [5, 5.41) is 23.5. The summed E-state index contributed by atoms with van der Waals surface area (Å²) in [6.45, 7) is 2.35. The van der Waals surface area contributed by atoms with Crippen molar-refractivity contribution in [2.24, 2.45) is 0 Å². The first-order valence-corrected chi connectivity index (χ1v) is 12.8. The van der Waals surface area contributed by atoms with E-state index in [4.69, 9.17) is 4.98 Å². The van der Waals surface area contributed by atoms with E-state index in [9.17, 15) is 15.0 Å². The summed E-state index contributed by atoms with van der Waals surface area (Å²) in [6, 6.07) is 36.1. The number of aryl methyl sites for hydroxylation is 1. The number of fused-ring (bicyclic) bond motifs is 2. The van der Waals surface area contributed by atoms with Crippen LogP contribution in [0.1, 0.15) is 21.5 Å². The highest BCUT2D eigenvalue weighted by Gasteiger charge is 2.22. The van der Waals surface area contributed by atoms with Crippen molar-refractivity contribution in [1.29, 1.82) is 0 Å². The van der Waals surface area contributed by atoms with Crippen LogP contribution >= 0.6 is 0 Å². The number of para-hydroxylation sites is 1. The van der Waals surface area contributed by atoms with E-state index in [1.165, 1.54) is 18.2 Å². The molecule has 5 aromatic carbocycles. The summed E-state index contributed by atoms with van der Waals surface area (Å²) in [5.41, 5.74) is 5.62. The Labute approximate surface area is 226 Å². The molecule has 0 atom stereocenters. The molecule has 0 spiro atoms. The van der Waals surface area contributed by atoms with Crippen molar-refractivity contribution in [1.82, 2.24) is 4.98 Å². The molecule has 5 nitrogen and oxygen atoms in total. The lowest BCUT2D eigenvalue weighted by molar-refractivity contribution is 0.0982. The van der Waals surface area contributed by atoms with Gasteiger partial charge in [0.1, 0.15) is 11.5 Å². The van der Waals surface area contributed by atoms with Crippen LogP contribution < -0.4 is 4.90 Å². The van der Waals surface area contributed by atoms with Crippen molar-refractivity contribution in [3.8, 4) is 22.8 Å². The lowest BCUT2D eigenvalue weighted by atomic mass is 10.0. The molecule has 0 saturated carbocycles. The predicted molar refractivity (Wildman–Crippen MR) is 156 cm³/mol. The third-order valence-corrected chi connectivity index (χ3v) is 7.03. The zero-order valence-corrected chi connectivity index (χ0v) is 21.4. The molecule has 6 rings (SSSR count). The molecule has 39 heavy (non-hydrogen) atoms. The number of phenols is 2. The Kier molecular flexibility index (Phi) is 6.17. The van der Waals surface area contributed by atoms with Crippen molar-refractivity contribution in [2.75, 3.05) is 4.90 Å². The Morgan fingerprint density at radius 2 is 1.49 bits per heavy atom. The highest BCUT2D eigenvalue weighted by atomic mass is 16.3. The van der Waals surface area contributed by atoms with Gasteiger partial charge in [-0.05, 0) is 65.2 Å². The lowest BCUT2D eigenvalue weighted by Gasteiger charge is -2.25. The van der Waals surface area contributed by atoms with Gasteiger partial charge in [-0.25, -0.2) is 4.98 Å². The summed E-state index contributed by atoms with van der Waals surface area (Å²) < 4.78 is 0. The van der Waals surface area contributed by atoms with Gasteiger partial charge in [0.2, 0.25) is 0 Å². The van der Waals surface area contributed by atoms with Crippen LogP contribution in [0.4, 0.5) is 5.69 Å². The summed E-state index contributed by atoms with van der Waals surface area (Å²) in [5.74, 6) is -0.740. The van der Waals surface area contributed by atoms with Crippen LogP contribution in [0.5, 0.6) is 11.5 Å². The first kappa shape index (κ1) is 24.2. The maximum atomic E-state index is 13.8. The Hall–Kier alpha value is -5.16. The first-order chi connectivity index (χ1) is 19.0. The normalized spacial score (nSPS) is 11.1. The second-order valence-electron chi connectivity index (χ2n) is 9.62. The van der Waals surface area contributed by atoms with Gasteiger partial charge in [-0.15, -0.1) is 0 Å². The van der Waals surface area contributed by atoms with Gasteiger partial charge < -0.3 is 15.1 Å². The van der Waals surface area contributed by atoms with E-state index in [1.807, 2.05) is 91.9 Å². The third-order valence-electron chi connectivity index (χ3n) is 7.03. The molecule has 0 aliphatic carbocycles. The first-order valence-electron chi connectivity index (χ1n) is 12.8. The predicted octanol–water partition coefficient (Wildman–Crippen LogP) is 7.62. The standard InChI is InChI=1S/C34H26N2O3/c1-22-19-25-8-3-5-12-31(25)35-33(22)24-13-15-27(16-14-24)36(34(39)30-18-17-28(37)20-32(30)38)21-26-10-6-9-23-7-2-4-11-29(23)26/h2-20,37-38H,21H2,1H3. The minimum atomic E-state index is -0.367. The zero-order chi connectivity index (χ0) is 26.9. The molecule has 5 heteroatoms. The number of hydrogen-bond acceptors (Lipinski definition) is 4. The second kappa shape index (κ2) is 9.95. The smallest absolute Gasteiger partial charge is 0.262 e. The fourth-order valence-electron chi connectivity index (χ4n) is 5.04. The molecular weight excluding hydrogens is 484 g/mol. The van der Waals surface area contributed by atoms with Crippen LogP contribution in [0.25, 0.3) is 32.9 Å². The molecule has 190 valence electrons. The SMILES string of the molecule is Cc1cc2ccccc2nc1-c1ccc(N(Cc2cccc3ccccc23)C(=O)c2ccc(O)cc2O)cc1. The number of nitrogens with zero attached hydrogens (tertiary/aromatic N) is 2. The topological polar surface area (TPSA) is 73.7 Å². The van der Waals surface area contributed by atoms with E-state index < -0.39 is 0 Å². The van der Waals surface area contributed by atoms with E-state index >= 15 is 0 Å². The molecule has 0 radical (unpaired) electrons. The van der Waals surface area contributed by atoms with Crippen molar-refractivity contribution < 1.29 is 15.0 Å². The van der Waals surface area contributed by atoms with Crippen LogP contribution in [0.3, 0.4) is 0 Å². The van der Waals surface area contributed by atoms with Gasteiger partial charge in [0.05, 0.1) is 23.3 Å². The number of amides is 1. The number of pyridine rings is 1. The molecule has 0 unspecified atom stereocenters. The van der Waals surface area contributed by atoms with E-state index in [-0.39, 0.29) is 23.0 Å². The molecule has 1 aromatic heterocycles. The zero-order valence-electron chi connectivity index (χ0n) is 21.4. The van der Waals surface area contributed by atoms with Gasteiger partial charge in [-0.2, -0.15) is 0 Å². The Morgan fingerprint density at radius 1 is 0.769 bits per heavy atom. The second-order valence-corrected chi connectivity index (χ2v) is 9.62. The van der Waals surface area contributed by atoms with Crippen LogP contribution in [0.2, 0.25) is 0 Å².